The van der Waals surface area contributed by atoms with E-state index in [1.165, 1.54) is 21.8 Å². The molecule has 4 rings (SSSR count). The lowest BCUT2D eigenvalue weighted by Crippen LogP contribution is -2.38. The van der Waals surface area contributed by atoms with Gasteiger partial charge in [-0.2, -0.15) is 0 Å². The van der Waals surface area contributed by atoms with Gasteiger partial charge in [0, 0.05) is 11.9 Å². The second kappa shape index (κ2) is 7.50. The van der Waals surface area contributed by atoms with E-state index in [2.05, 4.69) is 5.32 Å². The molecule has 0 bridgehead atoms. The molecular weight excluding hydrogens is 404 g/mol. The number of sulfonamides is 1. The van der Waals surface area contributed by atoms with Gasteiger partial charge in [-0.25, -0.2) is 8.42 Å². The molecular formula is C22H20N2O3S2. The number of nitrogens with one attached hydrogen (secondary N) is 1. The van der Waals surface area contributed by atoms with Gasteiger partial charge in [0.1, 0.15) is 4.88 Å². The maximum atomic E-state index is 13.3. The van der Waals surface area contributed by atoms with E-state index in [1.54, 1.807) is 11.4 Å². The molecule has 1 aromatic heterocycles. The van der Waals surface area contributed by atoms with E-state index in [0.717, 1.165) is 16.7 Å². The maximum absolute atomic E-state index is 13.3. The fraction of sp³-hybridized carbons (Fsp3) is 0.136. The first-order valence-corrected chi connectivity index (χ1v) is 11.4. The van der Waals surface area contributed by atoms with Gasteiger partial charge in [-0.15, -0.1) is 11.3 Å². The van der Waals surface area contributed by atoms with Crippen LogP contribution in [0.2, 0.25) is 0 Å². The van der Waals surface area contributed by atoms with Crippen molar-refractivity contribution in [3.8, 4) is 0 Å². The average molecular weight is 425 g/mol. The smallest absolute Gasteiger partial charge is 0.270 e. The lowest BCUT2D eigenvalue weighted by Gasteiger charge is -2.29. The van der Waals surface area contributed by atoms with Crippen molar-refractivity contribution in [1.82, 2.24) is 0 Å². The summed E-state index contributed by atoms with van der Waals surface area (Å²) in [7, 11) is -3.99. The fourth-order valence-electron chi connectivity index (χ4n) is 3.11. The van der Waals surface area contributed by atoms with Crippen molar-refractivity contribution in [3.63, 3.8) is 0 Å². The van der Waals surface area contributed by atoms with E-state index in [4.69, 9.17) is 0 Å². The van der Waals surface area contributed by atoms with Crippen molar-refractivity contribution in [3.05, 3.63) is 92.6 Å². The molecule has 0 fully saturated rings. The zero-order valence-corrected chi connectivity index (χ0v) is 17.7. The van der Waals surface area contributed by atoms with Crippen LogP contribution in [0.5, 0.6) is 0 Å². The first kappa shape index (κ1) is 19.4. The van der Waals surface area contributed by atoms with Crippen LogP contribution in [-0.4, -0.2) is 14.2 Å². The van der Waals surface area contributed by atoms with Crippen LogP contribution < -0.4 is 9.62 Å². The van der Waals surface area contributed by atoms with Crippen LogP contribution in [0.15, 0.2) is 71.1 Å². The number of rotatable bonds is 4. The molecule has 1 aliphatic rings. The number of allylic oxidation sites excluding steroid dienone is 1. The van der Waals surface area contributed by atoms with E-state index in [9.17, 15) is 13.2 Å². The van der Waals surface area contributed by atoms with Crippen LogP contribution in [-0.2, 0) is 16.6 Å². The second-order valence-corrected chi connectivity index (χ2v) is 9.73. The van der Waals surface area contributed by atoms with Crippen molar-refractivity contribution in [2.75, 3.05) is 9.62 Å². The summed E-state index contributed by atoms with van der Waals surface area (Å²) in [6.45, 7) is 4.12. The number of ketones is 1. The number of Topliss-reactive ketones (excluding diaryl/α,β-unsaturated/α-hetero) is 1. The Balaban J connectivity index is 1.73. The highest BCUT2D eigenvalue weighted by atomic mass is 32.2. The van der Waals surface area contributed by atoms with Crippen LogP contribution in [0.4, 0.5) is 11.4 Å². The van der Waals surface area contributed by atoms with Gasteiger partial charge in [-0.1, -0.05) is 47.5 Å². The number of hydrogen-bond acceptors (Lipinski definition) is 5. The summed E-state index contributed by atoms with van der Waals surface area (Å²) in [5.41, 5.74) is 4.21. The van der Waals surface area contributed by atoms with Gasteiger partial charge in [0.2, 0.25) is 5.78 Å². The third-order valence-corrected chi connectivity index (χ3v) is 7.45. The Kier molecular flexibility index (Phi) is 5.02. The van der Waals surface area contributed by atoms with E-state index in [0.29, 0.717) is 16.3 Å². The first-order chi connectivity index (χ1) is 13.9. The number of carbonyl (C=O) groups is 1. The molecule has 7 heteroatoms. The molecule has 0 saturated carbocycles. The SMILES string of the molecule is Cc1ccc(CN2c3ccsc3C(=O)/C(=C/Nc3ccc(C)cc3)S2(=O)=O)cc1. The molecule has 3 aromatic rings. The number of thiophene rings is 1. The summed E-state index contributed by atoms with van der Waals surface area (Å²) in [6.07, 6.45) is 1.30. The van der Waals surface area contributed by atoms with Gasteiger partial charge in [-0.3, -0.25) is 9.10 Å². The average Bonchev–Trinajstić information content (AvgIpc) is 3.17. The predicted molar refractivity (Wildman–Crippen MR) is 118 cm³/mol. The topological polar surface area (TPSA) is 66.5 Å². The molecule has 2 aromatic carbocycles. The normalized spacial score (nSPS) is 16.7. The molecule has 0 radical (unpaired) electrons. The monoisotopic (exact) mass is 424 g/mol. The van der Waals surface area contributed by atoms with Crippen LogP contribution in [0, 0.1) is 13.8 Å². The molecule has 0 unspecified atom stereocenters. The molecule has 0 saturated heterocycles. The van der Waals surface area contributed by atoms with Crippen LogP contribution in [0.1, 0.15) is 26.4 Å². The summed E-state index contributed by atoms with van der Waals surface area (Å²) in [4.78, 5) is 13.1. The first-order valence-electron chi connectivity index (χ1n) is 9.10. The number of nitrogens with zero attached hydrogens (tertiary/aromatic N) is 1. The quantitative estimate of drug-likeness (QED) is 0.608. The molecule has 1 N–H and O–H groups in total. The molecule has 0 spiro atoms. The summed E-state index contributed by atoms with van der Waals surface area (Å²) in [6, 6.07) is 16.9. The second-order valence-electron chi connectivity index (χ2n) is 6.98. The van der Waals surface area contributed by atoms with E-state index < -0.39 is 15.8 Å². The molecule has 0 aliphatic carbocycles. The van der Waals surface area contributed by atoms with Crippen molar-refractivity contribution in [2.45, 2.75) is 20.4 Å². The molecule has 5 nitrogen and oxygen atoms in total. The molecule has 2 heterocycles. The highest BCUT2D eigenvalue weighted by Gasteiger charge is 2.41. The summed E-state index contributed by atoms with van der Waals surface area (Å²) in [5, 5.41) is 4.71. The minimum absolute atomic E-state index is 0.168. The largest absolute Gasteiger partial charge is 0.360 e. The van der Waals surface area contributed by atoms with Gasteiger partial charge in [0.05, 0.1) is 12.2 Å². The van der Waals surface area contributed by atoms with E-state index in [1.807, 2.05) is 62.4 Å². The Labute approximate surface area is 174 Å². The van der Waals surface area contributed by atoms with Gasteiger partial charge in [-0.05, 0) is 43.0 Å². The Morgan fingerprint density at radius 1 is 0.966 bits per heavy atom. The summed E-state index contributed by atoms with van der Waals surface area (Å²) in [5.74, 6) is -0.477. The Morgan fingerprint density at radius 3 is 2.24 bits per heavy atom. The minimum Gasteiger partial charge on any atom is -0.360 e. The van der Waals surface area contributed by atoms with Crippen LogP contribution in [0.25, 0.3) is 0 Å². The van der Waals surface area contributed by atoms with Gasteiger partial charge < -0.3 is 5.32 Å². The molecule has 148 valence electrons. The zero-order chi connectivity index (χ0) is 20.6. The lowest BCUT2D eigenvalue weighted by molar-refractivity contribution is 0.104. The Bertz CT molecular complexity index is 1190. The van der Waals surface area contributed by atoms with Crippen molar-refractivity contribution in [1.29, 1.82) is 0 Å². The Morgan fingerprint density at radius 2 is 1.59 bits per heavy atom. The van der Waals surface area contributed by atoms with Crippen molar-refractivity contribution >= 4 is 38.5 Å². The third-order valence-electron chi connectivity index (χ3n) is 4.78. The highest BCUT2D eigenvalue weighted by Crippen LogP contribution is 2.39. The molecule has 1 aliphatic heterocycles. The lowest BCUT2D eigenvalue weighted by atomic mass is 10.1. The molecule has 0 amide bonds. The van der Waals surface area contributed by atoms with Gasteiger partial charge in [0.15, 0.2) is 4.91 Å². The van der Waals surface area contributed by atoms with E-state index in [-0.39, 0.29) is 11.4 Å². The number of carbonyl (C=O) groups excluding carboxylic acids is 1. The van der Waals surface area contributed by atoms with E-state index >= 15 is 0 Å². The van der Waals surface area contributed by atoms with Crippen molar-refractivity contribution in [2.24, 2.45) is 0 Å². The zero-order valence-electron chi connectivity index (χ0n) is 16.0. The number of hydrogen-bond donors (Lipinski definition) is 1. The minimum atomic E-state index is -3.99. The molecule has 29 heavy (non-hydrogen) atoms. The van der Waals surface area contributed by atoms with Gasteiger partial charge in [0.25, 0.3) is 10.0 Å². The predicted octanol–water partition coefficient (Wildman–Crippen LogP) is 4.85. The maximum Gasteiger partial charge on any atom is 0.270 e. The van der Waals surface area contributed by atoms with Crippen LogP contribution >= 0.6 is 11.3 Å². The number of benzene rings is 2. The number of fused-ring (bicyclic) bond motifs is 1. The fourth-order valence-corrected chi connectivity index (χ4v) is 5.60. The highest BCUT2D eigenvalue weighted by molar-refractivity contribution is 7.97. The Hall–Kier alpha value is -2.90. The molecule has 0 atom stereocenters. The summed E-state index contributed by atoms with van der Waals surface area (Å²) >= 11 is 1.25. The van der Waals surface area contributed by atoms with Crippen molar-refractivity contribution < 1.29 is 13.2 Å². The van der Waals surface area contributed by atoms with Gasteiger partial charge >= 0.3 is 0 Å². The third kappa shape index (κ3) is 3.71. The summed E-state index contributed by atoms with van der Waals surface area (Å²) < 4.78 is 28.0. The number of aryl methyl sites for hydroxylation is 2. The standard InChI is InChI=1S/C22H20N2O3S2/c1-15-3-7-17(8-4-15)14-24-19-11-12-28-22(19)21(25)20(29(24,26)27)13-23-18-9-5-16(2)6-10-18/h3-13,23H,14H2,1-2H3/b20-13-. The number of anilines is 2. The van der Waals surface area contributed by atoms with Crippen LogP contribution in [0.3, 0.4) is 0 Å².